The minimum atomic E-state index is 0.241. The molecular weight excluding hydrogens is 326 g/mol. The first kappa shape index (κ1) is 17.1. The number of aryl methyl sites for hydroxylation is 1. The van der Waals surface area contributed by atoms with Crippen molar-refractivity contribution in [3.63, 3.8) is 0 Å². The Kier molecular flexibility index (Phi) is 4.66. The summed E-state index contributed by atoms with van der Waals surface area (Å²) in [6, 6.07) is 8.68. The highest BCUT2D eigenvalue weighted by Crippen LogP contribution is 2.39. The third kappa shape index (κ3) is 3.74. The number of likely N-dealkylation sites (tertiary alicyclic amines) is 1. The van der Waals surface area contributed by atoms with Gasteiger partial charge in [-0.3, -0.25) is 4.79 Å². The standard InChI is InChI=1S/C20H27N5O/c1-23(2)17-5-3-4-15(12-17)6-9-20(26)24-11-10-18(13-24)25-14-19(21-22-25)16-7-8-16/h3-5,12,14,16,18H,6-11,13H2,1-2H3/t18-/m0/s1. The van der Waals surface area contributed by atoms with E-state index in [1.54, 1.807) is 0 Å². The van der Waals surface area contributed by atoms with Crippen LogP contribution in [0.1, 0.15) is 48.9 Å². The molecule has 0 unspecified atom stereocenters. The number of aromatic nitrogens is 3. The molecule has 0 bridgehead atoms. The summed E-state index contributed by atoms with van der Waals surface area (Å²) >= 11 is 0. The minimum Gasteiger partial charge on any atom is -0.378 e. The predicted octanol–water partition coefficient (Wildman–Crippen LogP) is 2.63. The van der Waals surface area contributed by atoms with Crippen LogP contribution in [0.5, 0.6) is 0 Å². The molecule has 0 N–H and O–H groups in total. The van der Waals surface area contributed by atoms with Crippen molar-refractivity contribution >= 4 is 11.6 Å². The van der Waals surface area contributed by atoms with E-state index in [1.165, 1.54) is 24.1 Å². The average molecular weight is 353 g/mol. The molecule has 26 heavy (non-hydrogen) atoms. The molecule has 0 spiro atoms. The molecule has 1 amide bonds. The first-order valence-electron chi connectivity index (χ1n) is 9.56. The first-order valence-corrected chi connectivity index (χ1v) is 9.56. The summed E-state index contributed by atoms with van der Waals surface area (Å²) in [6.07, 6.45) is 6.88. The molecule has 2 aromatic rings. The summed E-state index contributed by atoms with van der Waals surface area (Å²) in [5.74, 6) is 0.867. The second-order valence-corrected chi connectivity index (χ2v) is 7.74. The molecule has 0 radical (unpaired) electrons. The Labute approximate surface area is 154 Å². The van der Waals surface area contributed by atoms with Crippen molar-refractivity contribution in [3.8, 4) is 0 Å². The van der Waals surface area contributed by atoms with E-state index >= 15 is 0 Å². The van der Waals surface area contributed by atoms with Gasteiger partial charge in [-0.2, -0.15) is 0 Å². The van der Waals surface area contributed by atoms with Gasteiger partial charge in [0.15, 0.2) is 0 Å². The van der Waals surface area contributed by atoms with E-state index in [-0.39, 0.29) is 11.9 Å². The molecule has 138 valence electrons. The molecule has 1 saturated carbocycles. The molecule has 2 aliphatic rings. The number of hydrogen-bond acceptors (Lipinski definition) is 4. The lowest BCUT2D eigenvalue weighted by molar-refractivity contribution is -0.130. The van der Waals surface area contributed by atoms with Crippen LogP contribution in [0.4, 0.5) is 5.69 Å². The van der Waals surface area contributed by atoms with Crippen LogP contribution in [0.15, 0.2) is 30.5 Å². The number of carbonyl (C=O) groups excluding carboxylic acids is 1. The summed E-state index contributed by atoms with van der Waals surface area (Å²) in [6.45, 7) is 1.57. The van der Waals surface area contributed by atoms with Gasteiger partial charge in [-0.15, -0.1) is 5.10 Å². The highest BCUT2D eigenvalue weighted by Gasteiger charge is 2.31. The SMILES string of the molecule is CN(C)c1cccc(CCC(=O)N2CC[C@H](n3cc(C4CC4)nn3)C2)c1. The molecule has 1 aliphatic carbocycles. The lowest BCUT2D eigenvalue weighted by atomic mass is 10.1. The molecule has 2 heterocycles. The van der Waals surface area contributed by atoms with Gasteiger partial charge in [-0.05, 0) is 43.4 Å². The zero-order chi connectivity index (χ0) is 18.1. The van der Waals surface area contributed by atoms with Crippen LogP contribution in [0.3, 0.4) is 0 Å². The van der Waals surface area contributed by atoms with Crippen molar-refractivity contribution < 1.29 is 4.79 Å². The van der Waals surface area contributed by atoms with Gasteiger partial charge in [0.1, 0.15) is 0 Å². The maximum Gasteiger partial charge on any atom is 0.222 e. The monoisotopic (exact) mass is 353 g/mol. The van der Waals surface area contributed by atoms with E-state index < -0.39 is 0 Å². The summed E-state index contributed by atoms with van der Waals surface area (Å²) < 4.78 is 1.97. The van der Waals surface area contributed by atoms with Crippen molar-refractivity contribution in [1.29, 1.82) is 0 Å². The Bertz CT molecular complexity index is 780. The fraction of sp³-hybridized carbons (Fsp3) is 0.550. The number of nitrogens with zero attached hydrogens (tertiary/aromatic N) is 5. The highest BCUT2D eigenvalue weighted by molar-refractivity contribution is 5.76. The van der Waals surface area contributed by atoms with Crippen LogP contribution < -0.4 is 4.90 Å². The van der Waals surface area contributed by atoms with Crippen molar-refractivity contribution in [3.05, 3.63) is 41.7 Å². The largest absolute Gasteiger partial charge is 0.378 e. The fourth-order valence-electron chi connectivity index (χ4n) is 3.62. The lowest BCUT2D eigenvalue weighted by Crippen LogP contribution is -2.29. The van der Waals surface area contributed by atoms with Crippen molar-refractivity contribution in [2.45, 2.75) is 44.1 Å². The third-order valence-electron chi connectivity index (χ3n) is 5.47. The number of benzene rings is 1. The van der Waals surface area contributed by atoms with Gasteiger partial charge in [0, 0.05) is 51.4 Å². The maximum atomic E-state index is 12.6. The smallest absolute Gasteiger partial charge is 0.222 e. The Morgan fingerprint density at radius 1 is 1.27 bits per heavy atom. The Balaban J connectivity index is 1.30. The molecule has 1 saturated heterocycles. The zero-order valence-electron chi connectivity index (χ0n) is 15.6. The van der Waals surface area contributed by atoms with E-state index in [4.69, 9.17) is 0 Å². The van der Waals surface area contributed by atoms with E-state index in [0.29, 0.717) is 12.3 Å². The molecule has 1 aromatic carbocycles. The second-order valence-electron chi connectivity index (χ2n) is 7.74. The number of rotatable bonds is 6. The second kappa shape index (κ2) is 7.09. The topological polar surface area (TPSA) is 54.3 Å². The molecule has 2 fully saturated rings. The Hall–Kier alpha value is -2.37. The number of anilines is 1. The maximum absolute atomic E-state index is 12.6. The summed E-state index contributed by atoms with van der Waals surface area (Å²) in [4.78, 5) is 16.7. The fourth-order valence-corrected chi connectivity index (χ4v) is 3.62. The van der Waals surface area contributed by atoms with Gasteiger partial charge in [0.05, 0.1) is 11.7 Å². The Morgan fingerprint density at radius 3 is 2.88 bits per heavy atom. The van der Waals surface area contributed by atoms with E-state index in [2.05, 4.69) is 45.7 Å². The molecular formula is C20H27N5O. The van der Waals surface area contributed by atoms with Crippen LogP contribution in [0.2, 0.25) is 0 Å². The number of hydrogen-bond donors (Lipinski definition) is 0. The first-order chi connectivity index (χ1) is 12.6. The summed E-state index contributed by atoms with van der Waals surface area (Å²) in [5.41, 5.74) is 3.51. The molecule has 6 nitrogen and oxygen atoms in total. The lowest BCUT2D eigenvalue weighted by Gasteiger charge is -2.17. The van der Waals surface area contributed by atoms with Crippen molar-refractivity contribution in [2.75, 3.05) is 32.1 Å². The minimum absolute atomic E-state index is 0.241. The van der Waals surface area contributed by atoms with Gasteiger partial charge in [0.2, 0.25) is 5.91 Å². The normalized spacial score (nSPS) is 19.8. The van der Waals surface area contributed by atoms with Crippen LogP contribution in [-0.4, -0.2) is 53.0 Å². The molecule has 1 atom stereocenters. The van der Waals surface area contributed by atoms with Gasteiger partial charge >= 0.3 is 0 Å². The van der Waals surface area contributed by atoms with Crippen LogP contribution >= 0.6 is 0 Å². The highest BCUT2D eigenvalue weighted by atomic mass is 16.2. The number of amides is 1. The van der Waals surface area contributed by atoms with Gasteiger partial charge in [-0.25, -0.2) is 4.68 Å². The molecule has 6 heteroatoms. The number of carbonyl (C=O) groups is 1. The third-order valence-corrected chi connectivity index (χ3v) is 5.47. The van der Waals surface area contributed by atoms with Gasteiger partial charge < -0.3 is 9.80 Å². The van der Waals surface area contributed by atoms with Gasteiger partial charge in [0.25, 0.3) is 0 Å². The average Bonchev–Trinajstić information content (AvgIpc) is 3.18. The molecule has 4 rings (SSSR count). The Morgan fingerprint density at radius 2 is 2.12 bits per heavy atom. The van der Waals surface area contributed by atoms with Crippen LogP contribution in [-0.2, 0) is 11.2 Å². The van der Waals surface area contributed by atoms with E-state index in [0.717, 1.165) is 31.6 Å². The van der Waals surface area contributed by atoms with Gasteiger partial charge in [-0.1, -0.05) is 17.3 Å². The predicted molar refractivity (Wildman–Crippen MR) is 101 cm³/mol. The van der Waals surface area contributed by atoms with Crippen molar-refractivity contribution in [2.24, 2.45) is 0 Å². The van der Waals surface area contributed by atoms with E-state index in [1.807, 2.05) is 23.7 Å². The van der Waals surface area contributed by atoms with Crippen molar-refractivity contribution in [1.82, 2.24) is 19.9 Å². The summed E-state index contributed by atoms with van der Waals surface area (Å²) in [5, 5.41) is 8.59. The van der Waals surface area contributed by atoms with Crippen LogP contribution in [0, 0.1) is 0 Å². The quantitative estimate of drug-likeness (QED) is 0.801. The molecule has 1 aliphatic heterocycles. The summed E-state index contributed by atoms with van der Waals surface area (Å²) in [7, 11) is 4.07. The molecule has 1 aromatic heterocycles. The van der Waals surface area contributed by atoms with Crippen LogP contribution in [0.25, 0.3) is 0 Å². The van der Waals surface area contributed by atoms with E-state index in [9.17, 15) is 4.79 Å². The zero-order valence-corrected chi connectivity index (χ0v) is 15.6.